The zero-order chi connectivity index (χ0) is 18.4. The van der Waals surface area contributed by atoms with E-state index in [-0.39, 0.29) is 31.1 Å². The fourth-order valence-corrected chi connectivity index (χ4v) is 3.87. The van der Waals surface area contributed by atoms with E-state index in [0.29, 0.717) is 0 Å². The number of allylic oxidation sites excluding steroid dienone is 1. The molecule has 1 fully saturated rings. The Morgan fingerprint density at radius 1 is 1.20 bits per heavy atom. The largest absolute Gasteiger partial charge is 0.452 e. The van der Waals surface area contributed by atoms with Crippen LogP contribution in [0.3, 0.4) is 0 Å². The summed E-state index contributed by atoms with van der Waals surface area (Å²) in [6.45, 7) is 1.64. The van der Waals surface area contributed by atoms with Crippen LogP contribution >= 0.6 is 0 Å². The maximum absolute atomic E-state index is 13.8. The highest BCUT2D eigenvalue weighted by Crippen LogP contribution is 2.20. The minimum absolute atomic E-state index is 0.0468. The number of sulfonamides is 1. The van der Waals surface area contributed by atoms with E-state index in [4.69, 9.17) is 4.74 Å². The lowest BCUT2D eigenvalue weighted by Crippen LogP contribution is -2.51. The molecule has 1 saturated heterocycles. The number of carbonyl (C=O) groups excluding carboxylic acids is 2. The monoisotopic (exact) mass is 370 g/mol. The minimum atomic E-state index is -3.95. The van der Waals surface area contributed by atoms with Crippen molar-refractivity contribution in [2.24, 2.45) is 0 Å². The molecule has 1 amide bonds. The maximum atomic E-state index is 13.8. The van der Waals surface area contributed by atoms with E-state index in [1.54, 1.807) is 6.92 Å². The second kappa shape index (κ2) is 8.21. The van der Waals surface area contributed by atoms with Crippen LogP contribution in [0, 0.1) is 5.82 Å². The molecule has 9 heteroatoms. The Balaban J connectivity index is 1.94. The molecule has 0 unspecified atom stereocenters. The molecule has 0 aliphatic carbocycles. The van der Waals surface area contributed by atoms with E-state index in [0.717, 1.165) is 10.4 Å². The number of esters is 1. The Morgan fingerprint density at radius 3 is 2.44 bits per heavy atom. The number of benzene rings is 1. The van der Waals surface area contributed by atoms with E-state index < -0.39 is 34.3 Å². The zero-order valence-electron chi connectivity index (χ0n) is 13.7. The smallest absolute Gasteiger partial charge is 0.330 e. The van der Waals surface area contributed by atoms with Crippen molar-refractivity contribution in [3.05, 3.63) is 42.2 Å². The van der Waals surface area contributed by atoms with E-state index in [2.05, 4.69) is 0 Å². The number of hydrogen-bond acceptors (Lipinski definition) is 5. The Kier molecular flexibility index (Phi) is 6.27. The van der Waals surface area contributed by atoms with Gasteiger partial charge in [0.2, 0.25) is 10.0 Å². The van der Waals surface area contributed by atoms with Crippen LogP contribution in [0.1, 0.15) is 6.92 Å². The molecule has 1 aromatic carbocycles. The molecule has 0 spiro atoms. The molecule has 0 N–H and O–H groups in total. The summed E-state index contributed by atoms with van der Waals surface area (Å²) in [5.41, 5.74) is 0. The van der Waals surface area contributed by atoms with Crippen molar-refractivity contribution in [3.8, 4) is 0 Å². The molecule has 25 heavy (non-hydrogen) atoms. The van der Waals surface area contributed by atoms with Gasteiger partial charge in [0, 0.05) is 32.3 Å². The van der Waals surface area contributed by atoms with Crippen molar-refractivity contribution < 1.29 is 27.1 Å². The molecule has 1 aromatic rings. The van der Waals surface area contributed by atoms with Crippen LogP contribution in [0.4, 0.5) is 4.39 Å². The lowest BCUT2D eigenvalue weighted by Gasteiger charge is -2.33. The number of ether oxygens (including phenoxy) is 1. The molecular weight excluding hydrogens is 351 g/mol. The normalized spacial score (nSPS) is 16.2. The van der Waals surface area contributed by atoms with E-state index in [9.17, 15) is 22.4 Å². The Morgan fingerprint density at radius 2 is 1.84 bits per heavy atom. The number of carbonyl (C=O) groups is 2. The fraction of sp³-hybridized carbons (Fsp3) is 0.375. The number of rotatable bonds is 5. The Hall–Kier alpha value is -2.26. The highest BCUT2D eigenvalue weighted by atomic mass is 32.2. The molecule has 1 aliphatic heterocycles. The summed E-state index contributed by atoms with van der Waals surface area (Å²) in [5.74, 6) is -1.82. The number of piperazine rings is 1. The van der Waals surface area contributed by atoms with Gasteiger partial charge < -0.3 is 9.64 Å². The summed E-state index contributed by atoms with van der Waals surface area (Å²) in [6.07, 6.45) is 2.70. The van der Waals surface area contributed by atoms with Gasteiger partial charge in [-0.3, -0.25) is 4.79 Å². The third-order valence-electron chi connectivity index (χ3n) is 3.69. The first kappa shape index (κ1) is 19.1. The highest BCUT2D eigenvalue weighted by molar-refractivity contribution is 7.89. The summed E-state index contributed by atoms with van der Waals surface area (Å²) in [4.78, 5) is 24.2. The quantitative estimate of drug-likeness (QED) is 0.565. The lowest BCUT2D eigenvalue weighted by atomic mass is 10.3. The average molecular weight is 370 g/mol. The summed E-state index contributed by atoms with van der Waals surface area (Å²) in [7, 11) is -3.95. The molecule has 2 rings (SSSR count). The van der Waals surface area contributed by atoms with Crippen molar-refractivity contribution in [1.29, 1.82) is 0 Å². The summed E-state index contributed by atoms with van der Waals surface area (Å²) < 4.78 is 44.6. The van der Waals surface area contributed by atoms with Gasteiger partial charge in [-0.15, -0.1) is 0 Å². The third kappa shape index (κ3) is 4.64. The molecule has 1 aliphatic rings. The first-order chi connectivity index (χ1) is 11.9. The highest BCUT2D eigenvalue weighted by Gasteiger charge is 2.31. The van der Waals surface area contributed by atoms with Gasteiger partial charge in [0.05, 0.1) is 0 Å². The van der Waals surface area contributed by atoms with Crippen LogP contribution in [-0.4, -0.2) is 62.3 Å². The second-order valence-electron chi connectivity index (χ2n) is 5.32. The summed E-state index contributed by atoms with van der Waals surface area (Å²) in [6, 6.07) is 5.17. The molecular formula is C16H19FN2O5S. The van der Waals surface area contributed by atoms with E-state index in [1.807, 2.05) is 0 Å². The van der Waals surface area contributed by atoms with Crippen LogP contribution in [0.2, 0.25) is 0 Å². The van der Waals surface area contributed by atoms with Crippen molar-refractivity contribution >= 4 is 21.9 Å². The van der Waals surface area contributed by atoms with Crippen molar-refractivity contribution in [2.75, 3.05) is 32.8 Å². The number of nitrogens with zero attached hydrogens (tertiary/aromatic N) is 2. The van der Waals surface area contributed by atoms with Crippen molar-refractivity contribution in [3.63, 3.8) is 0 Å². The average Bonchev–Trinajstić information content (AvgIpc) is 2.60. The van der Waals surface area contributed by atoms with Crippen LogP contribution in [0.25, 0.3) is 0 Å². The van der Waals surface area contributed by atoms with Gasteiger partial charge in [0.25, 0.3) is 5.91 Å². The summed E-state index contributed by atoms with van der Waals surface area (Å²) in [5, 5.41) is 0. The number of halogens is 1. The molecule has 0 bridgehead atoms. The second-order valence-corrected chi connectivity index (χ2v) is 7.23. The first-order valence-corrected chi connectivity index (χ1v) is 9.12. The van der Waals surface area contributed by atoms with Gasteiger partial charge in [-0.05, 0) is 19.1 Å². The molecule has 136 valence electrons. The van der Waals surface area contributed by atoms with Crippen LogP contribution in [0.5, 0.6) is 0 Å². The molecule has 1 heterocycles. The Bertz CT molecular complexity index is 770. The van der Waals surface area contributed by atoms with Gasteiger partial charge in [-0.25, -0.2) is 17.6 Å². The minimum Gasteiger partial charge on any atom is -0.452 e. The first-order valence-electron chi connectivity index (χ1n) is 7.68. The van der Waals surface area contributed by atoms with Gasteiger partial charge in [-0.2, -0.15) is 4.31 Å². The Labute approximate surface area is 145 Å². The van der Waals surface area contributed by atoms with E-state index in [1.165, 1.54) is 35.3 Å². The van der Waals surface area contributed by atoms with Crippen LogP contribution in [0.15, 0.2) is 41.3 Å². The zero-order valence-corrected chi connectivity index (χ0v) is 14.5. The molecule has 0 radical (unpaired) electrons. The topological polar surface area (TPSA) is 84.0 Å². The standard InChI is InChI=1S/C16H19FN2O5S/c1-2-5-16(21)24-12-15(20)18-8-10-19(11-9-18)25(22,23)14-7-4-3-6-13(14)17/h2-7H,8-12H2,1H3/b5-2+. The molecule has 0 saturated carbocycles. The molecule has 0 atom stereocenters. The van der Waals surface area contributed by atoms with Gasteiger partial charge in [0.15, 0.2) is 6.61 Å². The fourth-order valence-electron chi connectivity index (χ4n) is 2.38. The third-order valence-corrected chi connectivity index (χ3v) is 5.62. The predicted molar refractivity (Wildman–Crippen MR) is 87.5 cm³/mol. The van der Waals surface area contributed by atoms with Crippen molar-refractivity contribution in [2.45, 2.75) is 11.8 Å². The van der Waals surface area contributed by atoms with Crippen molar-refractivity contribution in [1.82, 2.24) is 9.21 Å². The maximum Gasteiger partial charge on any atom is 0.330 e. The van der Waals surface area contributed by atoms with Gasteiger partial charge in [-0.1, -0.05) is 18.2 Å². The van der Waals surface area contributed by atoms with E-state index >= 15 is 0 Å². The van der Waals surface area contributed by atoms with Crippen LogP contribution < -0.4 is 0 Å². The lowest BCUT2D eigenvalue weighted by molar-refractivity contribution is -0.148. The van der Waals surface area contributed by atoms with Gasteiger partial charge in [0.1, 0.15) is 10.7 Å². The number of amides is 1. The SMILES string of the molecule is C/C=C/C(=O)OCC(=O)N1CCN(S(=O)(=O)c2ccccc2F)CC1. The molecule has 7 nitrogen and oxygen atoms in total. The summed E-state index contributed by atoms with van der Waals surface area (Å²) >= 11 is 0. The van der Waals surface area contributed by atoms with Crippen LogP contribution in [-0.2, 0) is 24.3 Å². The molecule has 0 aromatic heterocycles. The number of hydrogen-bond donors (Lipinski definition) is 0. The van der Waals surface area contributed by atoms with Gasteiger partial charge >= 0.3 is 5.97 Å². The predicted octanol–water partition coefficient (Wildman–Crippen LogP) is 0.778.